The highest BCUT2D eigenvalue weighted by Gasteiger charge is 2.17. The summed E-state index contributed by atoms with van der Waals surface area (Å²) in [6.07, 6.45) is 2.99. The van der Waals surface area contributed by atoms with Crippen LogP contribution in [0, 0.1) is 0 Å². The van der Waals surface area contributed by atoms with Crippen molar-refractivity contribution < 1.29 is 0 Å². The number of anilines is 1. The molecule has 5 heteroatoms. The van der Waals surface area contributed by atoms with Gasteiger partial charge in [0.1, 0.15) is 0 Å². The molecule has 0 aromatic heterocycles. The van der Waals surface area contributed by atoms with Crippen molar-refractivity contribution in [2.24, 2.45) is 10.8 Å². The van der Waals surface area contributed by atoms with E-state index in [0.29, 0.717) is 5.17 Å². The molecular weight excluding hydrogens is 321 g/mol. The predicted molar refractivity (Wildman–Crippen MR) is 78.0 cm³/mol. The molecule has 0 aliphatic carbocycles. The van der Waals surface area contributed by atoms with E-state index in [-0.39, 0.29) is 24.0 Å². The molecule has 3 nitrogen and oxygen atoms in total. The van der Waals surface area contributed by atoms with Crippen LogP contribution in [0.15, 0.2) is 29.4 Å². The molecule has 1 aromatic rings. The molecule has 0 amide bonds. The maximum absolute atomic E-state index is 5.68. The van der Waals surface area contributed by atoms with Crippen LogP contribution in [0.4, 0.5) is 5.69 Å². The van der Waals surface area contributed by atoms with E-state index in [1.54, 1.807) is 0 Å². The van der Waals surface area contributed by atoms with E-state index < -0.39 is 0 Å². The number of amidine groups is 1. The highest BCUT2D eigenvalue weighted by atomic mass is 127. The van der Waals surface area contributed by atoms with Crippen molar-refractivity contribution in [3.63, 3.8) is 0 Å². The molecule has 2 rings (SSSR count). The summed E-state index contributed by atoms with van der Waals surface area (Å²) >= 11 is 1.47. The molecule has 82 valence electrons. The number of fused-ring (bicyclic) bond motifs is 1. The summed E-state index contributed by atoms with van der Waals surface area (Å²) in [5.74, 6) is 0. The maximum atomic E-state index is 5.68. The fourth-order valence-electron chi connectivity index (χ4n) is 1.58. The Hall–Kier alpha value is -0.430. The second kappa shape index (κ2) is 5.60. The normalized spacial score (nSPS) is 14.7. The summed E-state index contributed by atoms with van der Waals surface area (Å²) in [7, 11) is 0. The Kier molecular flexibility index (Phi) is 4.72. The van der Waals surface area contributed by atoms with Crippen molar-refractivity contribution in [1.29, 1.82) is 0 Å². The Balaban J connectivity index is 0.00000112. The van der Waals surface area contributed by atoms with E-state index in [1.807, 2.05) is 17.3 Å². The van der Waals surface area contributed by atoms with Gasteiger partial charge in [-0.2, -0.15) is 0 Å². The largest absolute Gasteiger partial charge is 0.377 e. The number of hydrogen-bond acceptors (Lipinski definition) is 3. The fraction of sp³-hybridized carbons (Fsp3) is 0.300. The molecule has 0 bridgehead atoms. The van der Waals surface area contributed by atoms with Gasteiger partial charge in [0.2, 0.25) is 0 Å². The van der Waals surface area contributed by atoms with Crippen LogP contribution in [0.25, 0.3) is 0 Å². The van der Waals surface area contributed by atoms with Crippen LogP contribution >= 0.6 is 35.7 Å². The zero-order valence-electron chi connectivity index (χ0n) is 8.51. The average molecular weight is 335 g/mol. The Labute approximate surface area is 111 Å². The molecular formula is C10H14IN3S. The molecule has 0 spiro atoms. The zero-order chi connectivity index (χ0) is 9.97. The number of nitrogens with two attached hydrogens (primary N) is 1. The molecule has 2 N–H and O–H groups in total. The first-order chi connectivity index (χ1) is 6.81. The highest BCUT2D eigenvalue weighted by molar-refractivity contribution is 14.0. The van der Waals surface area contributed by atoms with Crippen molar-refractivity contribution in [1.82, 2.24) is 0 Å². The number of nitrogens with zero attached hydrogens (tertiary/aromatic N) is 2. The topological polar surface area (TPSA) is 41.6 Å². The number of halogens is 1. The number of hydrazone groups is 1. The third kappa shape index (κ3) is 2.78. The first kappa shape index (κ1) is 12.6. The summed E-state index contributed by atoms with van der Waals surface area (Å²) < 4.78 is 0. The Bertz CT molecular complexity index is 367. The Morgan fingerprint density at radius 3 is 2.93 bits per heavy atom. The summed E-state index contributed by atoms with van der Waals surface area (Å²) in [4.78, 5) is 0. The lowest BCUT2D eigenvalue weighted by atomic mass is 10.2. The number of rotatable bonds is 1. The predicted octanol–water partition coefficient (Wildman–Crippen LogP) is 2.26. The van der Waals surface area contributed by atoms with Gasteiger partial charge in [-0.25, -0.2) is 0 Å². The smallest absolute Gasteiger partial charge is 0.178 e. The number of para-hydroxylation sites is 1. The van der Waals surface area contributed by atoms with Gasteiger partial charge >= 0.3 is 0 Å². The molecule has 1 aliphatic heterocycles. The van der Waals surface area contributed by atoms with E-state index in [1.165, 1.54) is 23.0 Å². The first-order valence-electron chi connectivity index (χ1n) is 4.55. The minimum Gasteiger partial charge on any atom is -0.377 e. The van der Waals surface area contributed by atoms with Gasteiger partial charge in [-0.1, -0.05) is 30.0 Å². The van der Waals surface area contributed by atoms with Gasteiger partial charge < -0.3 is 5.73 Å². The van der Waals surface area contributed by atoms with Crippen LogP contribution < -0.4 is 10.7 Å². The van der Waals surface area contributed by atoms with E-state index in [0.717, 1.165) is 13.0 Å². The monoisotopic (exact) mass is 335 g/mol. The molecule has 1 heterocycles. The highest BCUT2D eigenvalue weighted by Crippen LogP contribution is 2.27. The van der Waals surface area contributed by atoms with Crippen molar-refractivity contribution in [2.75, 3.05) is 17.8 Å². The van der Waals surface area contributed by atoms with Crippen LogP contribution in [-0.4, -0.2) is 18.0 Å². The van der Waals surface area contributed by atoms with Gasteiger partial charge in [0.15, 0.2) is 5.17 Å². The van der Waals surface area contributed by atoms with Crippen molar-refractivity contribution in [2.45, 2.75) is 6.42 Å². The number of benzene rings is 1. The van der Waals surface area contributed by atoms with Crippen LogP contribution in [0.2, 0.25) is 0 Å². The van der Waals surface area contributed by atoms with Crippen LogP contribution in [0.1, 0.15) is 5.56 Å². The third-order valence-electron chi connectivity index (χ3n) is 2.29. The van der Waals surface area contributed by atoms with Gasteiger partial charge in [0, 0.05) is 6.54 Å². The molecule has 0 atom stereocenters. The molecule has 15 heavy (non-hydrogen) atoms. The summed E-state index contributed by atoms with van der Waals surface area (Å²) in [5, 5.41) is 6.91. The lowest BCUT2D eigenvalue weighted by molar-refractivity contribution is 0.893. The molecule has 0 saturated carbocycles. The number of thioether (sulfide) groups is 1. The average Bonchev–Trinajstić information content (AvgIpc) is 2.62. The summed E-state index contributed by atoms with van der Waals surface area (Å²) in [5.41, 5.74) is 8.22. The van der Waals surface area contributed by atoms with E-state index in [9.17, 15) is 0 Å². The van der Waals surface area contributed by atoms with Gasteiger partial charge in [-0.3, -0.25) is 5.01 Å². The van der Waals surface area contributed by atoms with Crippen LogP contribution in [0.3, 0.4) is 0 Å². The second-order valence-electron chi connectivity index (χ2n) is 3.14. The zero-order valence-corrected chi connectivity index (χ0v) is 11.7. The lowest BCUT2D eigenvalue weighted by Gasteiger charge is -2.12. The third-order valence-corrected chi connectivity index (χ3v) is 2.79. The standard InChI is InChI=1S/C10H13N3S.HI/c1-14-10(11)12-13-7-6-8-4-2-3-5-9(8)13;/h2-5H,6-7H2,1H3,(H2,11,12);1H. The molecule has 1 aromatic carbocycles. The fourth-order valence-corrected chi connectivity index (χ4v) is 1.76. The Morgan fingerprint density at radius 2 is 2.20 bits per heavy atom. The van der Waals surface area contributed by atoms with E-state index in [4.69, 9.17) is 5.73 Å². The Morgan fingerprint density at radius 1 is 1.47 bits per heavy atom. The van der Waals surface area contributed by atoms with Gasteiger partial charge in [-0.05, 0) is 24.3 Å². The minimum atomic E-state index is 0. The molecule has 1 aliphatic rings. The van der Waals surface area contributed by atoms with Crippen molar-refractivity contribution in [3.05, 3.63) is 29.8 Å². The number of hydrogen-bond donors (Lipinski definition) is 1. The molecule has 0 fully saturated rings. The SMILES string of the molecule is CSC(N)=NN1CCc2ccccc21.I. The molecule has 0 saturated heterocycles. The van der Waals surface area contributed by atoms with Crippen LogP contribution in [0.5, 0.6) is 0 Å². The molecule has 0 unspecified atom stereocenters. The molecule has 0 radical (unpaired) electrons. The first-order valence-corrected chi connectivity index (χ1v) is 5.77. The van der Waals surface area contributed by atoms with Crippen molar-refractivity contribution >= 4 is 46.6 Å². The second-order valence-corrected chi connectivity index (χ2v) is 3.97. The summed E-state index contributed by atoms with van der Waals surface area (Å²) in [6, 6.07) is 8.31. The van der Waals surface area contributed by atoms with E-state index in [2.05, 4.69) is 23.3 Å². The summed E-state index contributed by atoms with van der Waals surface area (Å²) in [6.45, 7) is 0.931. The maximum Gasteiger partial charge on any atom is 0.178 e. The van der Waals surface area contributed by atoms with E-state index >= 15 is 0 Å². The lowest BCUT2D eigenvalue weighted by Crippen LogP contribution is -2.18. The van der Waals surface area contributed by atoms with Gasteiger partial charge in [0.05, 0.1) is 5.69 Å². The minimum absolute atomic E-state index is 0. The quantitative estimate of drug-likeness (QED) is 0.486. The van der Waals surface area contributed by atoms with Crippen LogP contribution in [-0.2, 0) is 6.42 Å². The van der Waals surface area contributed by atoms with Crippen molar-refractivity contribution in [3.8, 4) is 0 Å². The van der Waals surface area contributed by atoms with Gasteiger partial charge in [0.25, 0.3) is 0 Å². The van der Waals surface area contributed by atoms with Gasteiger partial charge in [-0.15, -0.1) is 29.1 Å².